The van der Waals surface area contributed by atoms with Gasteiger partial charge in [0, 0.05) is 45.3 Å². The fourth-order valence-corrected chi connectivity index (χ4v) is 4.87. The summed E-state index contributed by atoms with van der Waals surface area (Å²) in [5, 5.41) is 0. The summed E-state index contributed by atoms with van der Waals surface area (Å²) in [7, 11) is -1.16. The van der Waals surface area contributed by atoms with Gasteiger partial charge in [0.1, 0.15) is 0 Å². The van der Waals surface area contributed by atoms with Crippen molar-refractivity contribution in [3.05, 3.63) is 30.3 Å². The minimum atomic E-state index is -3.32. The van der Waals surface area contributed by atoms with Gasteiger partial charge in [0.05, 0.1) is 4.90 Å². The zero-order valence-corrected chi connectivity index (χ0v) is 14.0. The zero-order valence-electron chi connectivity index (χ0n) is 13.2. The van der Waals surface area contributed by atoms with E-state index in [0.29, 0.717) is 24.0 Å². The molecule has 6 heteroatoms. The molecule has 0 spiro atoms. The maximum atomic E-state index is 12.6. The quantitative estimate of drug-likeness (QED) is 0.835. The third-order valence-electron chi connectivity index (χ3n) is 4.86. The monoisotopic (exact) mass is 323 g/mol. The first-order valence-corrected chi connectivity index (χ1v) is 9.49. The van der Waals surface area contributed by atoms with E-state index in [1.165, 1.54) is 0 Å². The lowest BCUT2D eigenvalue weighted by Crippen LogP contribution is -2.52. The molecule has 2 heterocycles. The van der Waals surface area contributed by atoms with Gasteiger partial charge in [-0.2, -0.15) is 4.31 Å². The van der Waals surface area contributed by atoms with Crippen LogP contribution in [0.5, 0.6) is 0 Å². The Hall–Kier alpha value is -0.950. The molecule has 2 aliphatic rings. The van der Waals surface area contributed by atoms with Gasteiger partial charge < -0.3 is 4.90 Å². The van der Waals surface area contributed by atoms with Crippen LogP contribution in [0.3, 0.4) is 0 Å². The average molecular weight is 323 g/mol. The minimum Gasteiger partial charge on any atom is -0.304 e. The summed E-state index contributed by atoms with van der Waals surface area (Å²) in [6.07, 6.45) is 1.88. The van der Waals surface area contributed by atoms with Crippen molar-refractivity contribution in [1.29, 1.82) is 0 Å². The van der Waals surface area contributed by atoms with E-state index >= 15 is 0 Å². The molecule has 5 nitrogen and oxygen atoms in total. The molecule has 2 aliphatic heterocycles. The molecule has 1 aromatic carbocycles. The maximum absolute atomic E-state index is 12.6. The molecule has 122 valence electrons. The second-order valence-corrected chi connectivity index (χ2v) is 8.23. The Bertz CT molecular complexity index is 575. The first-order chi connectivity index (χ1) is 10.6. The van der Waals surface area contributed by atoms with E-state index in [1.807, 2.05) is 6.07 Å². The van der Waals surface area contributed by atoms with Crippen LogP contribution in [0.1, 0.15) is 12.8 Å². The number of rotatable bonds is 3. The highest BCUT2D eigenvalue weighted by molar-refractivity contribution is 7.89. The predicted octanol–water partition coefficient (Wildman–Crippen LogP) is 1.09. The Morgan fingerprint density at radius 2 is 1.50 bits per heavy atom. The minimum absolute atomic E-state index is 0.410. The molecule has 1 aromatic rings. The summed E-state index contributed by atoms with van der Waals surface area (Å²) in [5.74, 6) is 0. The van der Waals surface area contributed by atoms with Crippen molar-refractivity contribution in [3.8, 4) is 0 Å². The Morgan fingerprint density at radius 3 is 2.09 bits per heavy atom. The van der Waals surface area contributed by atoms with E-state index in [2.05, 4.69) is 16.8 Å². The SMILES string of the molecule is CN1CCN(C2CCN(S(=O)(=O)c3ccccc3)CC2)CC1. The summed E-state index contributed by atoms with van der Waals surface area (Å²) in [6, 6.07) is 9.31. The van der Waals surface area contributed by atoms with Crippen LogP contribution in [0.4, 0.5) is 0 Å². The number of benzene rings is 1. The largest absolute Gasteiger partial charge is 0.304 e. The van der Waals surface area contributed by atoms with Gasteiger partial charge in [0.15, 0.2) is 0 Å². The van der Waals surface area contributed by atoms with Crippen molar-refractivity contribution < 1.29 is 8.42 Å². The number of likely N-dealkylation sites (N-methyl/N-ethyl adjacent to an activating group) is 1. The highest BCUT2D eigenvalue weighted by Crippen LogP contribution is 2.23. The van der Waals surface area contributed by atoms with Crippen LogP contribution in [0, 0.1) is 0 Å². The molecular formula is C16H25N3O2S. The number of piperazine rings is 1. The number of hydrogen-bond acceptors (Lipinski definition) is 4. The number of piperidine rings is 1. The highest BCUT2D eigenvalue weighted by Gasteiger charge is 2.32. The van der Waals surface area contributed by atoms with Crippen LogP contribution in [0.15, 0.2) is 35.2 Å². The molecule has 0 aromatic heterocycles. The van der Waals surface area contributed by atoms with Crippen molar-refractivity contribution >= 4 is 10.0 Å². The topological polar surface area (TPSA) is 43.9 Å². The summed E-state index contributed by atoms with van der Waals surface area (Å²) in [5.41, 5.74) is 0. The molecule has 0 unspecified atom stereocenters. The molecule has 0 bridgehead atoms. The molecule has 0 aliphatic carbocycles. The molecule has 0 atom stereocenters. The summed E-state index contributed by atoms with van der Waals surface area (Å²) < 4.78 is 26.9. The molecule has 0 N–H and O–H groups in total. The van der Waals surface area contributed by atoms with Crippen molar-refractivity contribution in [1.82, 2.24) is 14.1 Å². The smallest absolute Gasteiger partial charge is 0.243 e. The lowest BCUT2D eigenvalue weighted by molar-refractivity contribution is 0.0836. The van der Waals surface area contributed by atoms with Gasteiger partial charge in [-0.3, -0.25) is 4.90 Å². The highest BCUT2D eigenvalue weighted by atomic mass is 32.2. The Labute approximate surface area is 133 Å². The third kappa shape index (κ3) is 3.35. The summed E-state index contributed by atoms with van der Waals surface area (Å²) >= 11 is 0. The molecule has 0 amide bonds. The van der Waals surface area contributed by atoms with Crippen LogP contribution in [0.2, 0.25) is 0 Å². The Balaban J connectivity index is 1.60. The van der Waals surface area contributed by atoms with Crippen LogP contribution in [0.25, 0.3) is 0 Å². The van der Waals surface area contributed by atoms with Crippen molar-refractivity contribution in [2.24, 2.45) is 0 Å². The summed E-state index contributed by atoms with van der Waals surface area (Å²) in [4.78, 5) is 5.30. The molecule has 3 rings (SSSR count). The van der Waals surface area contributed by atoms with Gasteiger partial charge in [-0.15, -0.1) is 0 Å². The van der Waals surface area contributed by atoms with Crippen LogP contribution >= 0.6 is 0 Å². The van der Waals surface area contributed by atoms with E-state index in [1.54, 1.807) is 28.6 Å². The predicted molar refractivity (Wildman–Crippen MR) is 87.3 cm³/mol. The van der Waals surface area contributed by atoms with E-state index < -0.39 is 10.0 Å². The molecule has 0 radical (unpaired) electrons. The molecule has 22 heavy (non-hydrogen) atoms. The first-order valence-electron chi connectivity index (χ1n) is 8.05. The van der Waals surface area contributed by atoms with Crippen molar-refractivity contribution in [2.75, 3.05) is 46.3 Å². The third-order valence-corrected chi connectivity index (χ3v) is 6.77. The van der Waals surface area contributed by atoms with Crippen molar-refractivity contribution in [3.63, 3.8) is 0 Å². The lowest BCUT2D eigenvalue weighted by atomic mass is 10.0. The van der Waals surface area contributed by atoms with Crippen LogP contribution < -0.4 is 0 Å². The van der Waals surface area contributed by atoms with E-state index in [9.17, 15) is 8.42 Å². The Kier molecular flexibility index (Phi) is 4.82. The number of nitrogens with zero attached hydrogens (tertiary/aromatic N) is 3. The molecule has 2 saturated heterocycles. The van der Waals surface area contributed by atoms with Gasteiger partial charge in [0.25, 0.3) is 0 Å². The number of hydrogen-bond donors (Lipinski definition) is 0. The fourth-order valence-electron chi connectivity index (χ4n) is 3.38. The second-order valence-electron chi connectivity index (χ2n) is 6.29. The van der Waals surface area contributed by atoms with Crippen LogP contribution in [-0.2, 0) is 10.0 Å². The molecule has 0 saturated carbocycles. The van der Waals surface area contributed by atoms with Crippen molar-refractivity contribution in [2.45, 2.75) is 23.8 Å². The summed E-state index contributed by atoms with van der Waals surface area (Å²) in [6.45, 7) is 5.70. The lowest BCUT2D eigenvalue weighted by Gasteiger charge is -2.41. The van der Waals surface area contributed by atoms with Gasteiger partial charge in [0.2, 0.25) is 10.0 Å². The standard InChI is InChI=1S/C16H25N3O2S/c1-17-11-13-18(14-12-17)15-7-9-19(10-8-15)22(20,21)16-5-3-2-4-6-16/h2-6,15H,7-14H2,1H3. The maximum Gasteiger partial charge on any atom is 0.243 e. The zero-order chi connectivity index (χ0) is 15.6. The molecular weight excluding hydrogens is 298 g/mol. The van der Waals surface area contributed by atoms with Crippen LogP contribution in [-0.4, -0.2) is 74.9 Å². The van der Waals surface area contributed by atoms with E-state index in [-0.39, 0.29) is 0 Å². The van der Waals surface area contributed by atoms with Gasteiger partial charge in [-0.25, -0.2) is 8.42 Å². The fraction of sp³-hybridized carbons (Fsp3) is 0.625. The van der Waals surface area contributed by atoms with E-state index in [4.69, 9.17) is 0 Å². The Morgan fingerprint density at radius 1 is 0.909 bits per heavy atom. The first kappa shape index (κ1) is 15.9. The van der Waals surface area contributed by atoms with E-state index in [0.717, 1.165) is 39.0 Å². The second kappa shape index (κ2) is 6.66. The van der Waals surface area contributed by atoms with Gasteiger partial charge in [-0.1, -0.05) is 18.2 Å². The molecule has 2 fully saturated rings. The average Bonchev–Trinajstić information content (AvgIpc) is 2.56. The van der Waals surface area contributed by atoms with Gasteiger partial charge in [-0.05, 0) is 32.0 Å². The normalized spacial score (nSPS) is 23.7. The van der Waals surface area contributed by atoms with Gasteiger partial charge >= 0.3 is 0 Å². The number of sulfonamides is 1.